The van der Waals surface area contributed by atoms with E-state index in [-0.39, 0.29) is 24.0 Å². The number of esters is 2. The monoisotopic (exact) mass is 468 g/mol. The van der Waals surface area contributed by atoms with Crippen molar-refractivity contribution in [3.8, 4) is 0 Å². The predicted octanol–water partition coefficient (Wildman–Crippen LogP) is 4.93. The molecule has 4 nitrogen and oxygen atoms in total. The zero-order valence-electron chi connectivity index (χ0n) is 15.0. The first-order valence-corrected chi connectivity index (χ1v) is 13.8. The molecule has 25 heavy (non-hydrogen) atoms. The molecule has 0 rings (SSSR count). The Morgan fingerprint density at radius 2 is 1.20 bits per heavy atom. The van der Waals surface area contributed by atoms with E-state index in [1.165, 1.54) is 0 Å². The van der Waals surface area contributed by atoms with Crippen LogP contribution in [0.5, 0.6) is 0 Å². The molecule has 0 saturated heterocycles. The van der Waals surface area contributed by atoms with E-state index in [2.05, 4.69) is 40.9 Å². The molecule has 0 bridgehead atoms. The molecule has 0 aliphatic carbocycles. The summed E-state index contributed by atoms with van der Waals surface area (Å²) in [7, 11) is 9.87. The molecule has 0 aromatic rings. The average molecular weight is 471 g/mol. The molecule has 0 aromatic heterocycles. The van der Waals surface area contributed by atoms with Crippen LogP contribution in [-0.4, -0.2) is 24.1 Å². The van der Waals surface area contributed by atoms with E-state index < -0.39 is 32.8 Å². The quantitative estimate of drug-likeness (QED) is 0.287. The van der Waals surface area contributed by atoms with Gasteiger partial charge in [-0.05, 0) is 13.8 Å². The molecular formula is C18H28Cl2O4Zr-4. The van der Waals surface area contributed by atoms with E-state index >= 15 is 0 Å². The van der Waals surface area contributed by atoms with Gasteiger partial charge >= 0.3 is 49.8 Å². The fourth-order valence-electron chi connectivity index (χ4n) is 1.12. The third kappa shape index (κ3) is 20.1. The van der Waals surface area contributed by atoms with Crippen LogP contribution >= 0.6 is 17.0 Å². The summed E-state index contributed by atoms with van der Waals surface area (Å²) in [6, 6.07) is 0. The van der Waals surface area contributed by atoms with E-state index in [4.69, 9.17) is 26.5 Å². The van der Waals surface area contributed by atoms with Gasteiger partial charge < -0.3 is 37.2 Å². The van der Waals surface area contributed by atoms with E-state index in [0.717, 1.165) is 12.2 Å². The van der Waals surface area contributed by atoms with Gasteiger partial charge in [-0.3, -0.25) is 0 Å². The first kappa shape index (κ1) is 29.6. The molecule has 7 heteroatoms. The molecule has 146 valence electrons. The molecule has 0 amide bonds. The topological polar surface area (TPSA) is 52.6 Å². The van der Waals surface area contributed by atoms with Crippen LogP contribution in [0.2, 0.25) is 0 Å². The van der Waals surface area contributed by atoms with Crippen molar-refractivity contribution in [1.29, 1.82) is 0 Å². The van der Waals surface area contributed by atoms with Gasteiger partial charge in [-0.2, -0.15) is 11.8 Å². The number of carbonyl (C=O) groups excluding carboxylic acids is 2. The summed E-state index contributed by atoms with van der Waals surface area (Å²) in [5.41, 5.74) is 0. The molecule has 0 aliphatic heterocycles. The number of hydrogen-bond acceptors (Lipinski definition) is 4. The second kappa shape index (κ2) is 20.2. The fraction of sp³-hybridized carbons (Fsp3) is 0.444. The first-order valence-electron chi connectivity index (χ1n) is 7.51. The Labute approximate surface area is 172 Å². The number of halogens is 2. The third-order valence-electron chi connectivity index (χ3n) is 3.01. The van der Waals surface area contributed by atoms with Crippen molar-refractivity contribution in [2.45, 2.75) is 38.9 Å². The summed E-state index contributed by atoms with van der Waals surface area (Å²) in [4.78, 5) is 21.3. The normalized spacial score (nSPS) is 13.9. The minimum atomic E-state index is -0.826. The Bertz CT molecular complexity index is 344. The Balaban J connectivity index is -0.000000334. The Hall–Kier alpha value is -0.117. The Morgan fingerprint density at radius 1 is 0.960 bits per heavy atom. The van der Waals surface area contributed by atoms with Gasteiger partial charge in [0.1, 0.15) is 0 Å². The number of ether oxygens (including phenoxy) is 2. The van der Waals surface area contributed by atoms with Gasteiger partial charge in [-0.15, -0.1) is 0 Å². The summed E-state index contributed by atoms with van der Waals surface area (Å²) < 4.78 is 9.79. The molecular weight excluding hydrogens is 442 g/mol. The molecule has 4 unspecified atom stereocenters. The second-order valence-corrected chi connectivity index (χ2v) is 8.59. The van der Waals surface area contributed by atoms with Gasteiger partial charge in [0.2, 0.25) is 0 Å². The van der Waals surface area contributed by atoms with Crippen LogP contribution in [0.3, 0.4) is 0 Å². The van der Waals surface area contributed by atoms with Gasteiger partial charge in [0.25, 0.3) is 0 Å². The maximum absolute atomic E-state index is 10.7. The van der Waals surface area contributed by atoms with Gasteiger partial charge in [-0.1, -0.05) is 13.2 Å². The second-order valence-electron chi connectivity index (χ2n) is 4.86. The van der Waals surface area contributed by atoms with Crippen LogP contribution in [-0.2, 0) is 39.9 Å². The summed E-state index contributed by atoms with van der Waals surface area (Å²) in [5, 5.41) is 0. The minimum absolute atomic E-state index is 0.0545. The molecule has 0 N–H and O–H groups in total. The van der Waals surface area contributed by atoms with Gasteiger partial charge in [0, 0.05) is 12.2 Å². The molecule has 0 radical (unpaired) electrons. The molecule has 0 aliphatic rings. The standard InChI is InChI=1S/2C9H14O2.2ClH.Zr/c2*1-5-7(3)8(4)11-9(10)6-2;;;/h2*6-8H,1-3,5H2,4H3;2*1H;/q2*-2;;;+2/p-2. The summed E-state index contributed by atoms with van der Waals surface area (Å²) >= 11 is -0.826. The third-order valence-corrected chi connectivity index (χ3v) is 3.01. The summed E-state index contributed by atoms with van der Waals surface area (Å²) in [6.45, 7) is 25.0. The van der Waals surface area contributed by atoms with Crippen LogP contribution in [0.15, 0.2) is 25.3 Å². The van der Waals surface area contributed by atoms with Crippen LogP contribution in [0, 0.1) is 39.5 Å². The summed E-state index contributed by atoms with van der Waals surface area (Å²) in [6.07, 6.45) is 3.24. The number of hydrogen-bond donors (Lipinski definition) is 0. The van der Waals surface area contributed by atoms with Gasteiger partial charge in [0.05, 0.1) is 12.2 Å². The molecule has 0 heterocycles. The van der Waals surface area contributed by atoms with Crippen molar-refractivity contribution in [2.75, 3.05) is 0 Å². The van der Waals surface area contributed by atoms with Gasteiger partial charge in [0.15, 0.2) is 0 Å². The van der Waals surface area contributed by atoms with Crippen molar-refractivity contribution in [3.05, 3.63) is 53.0 Å². The van der Waals surface area contributed by atoms with Crippen molar-refractivity contribution >= 4 is 29.0 Å². The molecule has 4 atom stereocenters. The molecule has 0 saturated carbocycles. The van der Waals surface area contributed by atoms with Crippen molar-refractivity contribution in [3.63, 3.8) is 0 Å². The maximum atomic E-state index is 10.7. The fourth-order valence-corrected chi connectivity index (χ4v) is 1.12. The van der Waals surface area contributed by atoms with Crippen LogP contribution < -0.4 is 0 Å². The molecule has 0 fully saturated rings. The number of carbonyl (C=O) groups is 2. The van der Waals surface area contributed by atoms with Crippen molar-refractivity contribution < 1.29 is 39.9 Å². The summed E-state index contributed by atoms with van der Waals surface area (Å²) in [5.74, 6) is -0.697. The van der Waals surface area contributed by atoms with Crippen molar-refractivity contribution in [2.24, 2.45) is 11.8 Å². The Kier molecular flexibility index (Phi) is 23.9. The van der Waals surface area contributed by atoms with E-state index in [0.29, 0.717) is 12.8 Å². The molecule has 0 aromatic carbocycles. The van der Waals surface area contributed by atoms with Crippen LogP contribution in [0.1, 0.15) is 26.7 Å². The Morgan fingerprint density at radius 3 is 1.36 bits per heavy atom. The van der Waals surface area contributed by atoms with Crippen LogP contribution in [0.4, 0.5) is 0 Å². The average Bonchev–Trinajstić information content (AvgIpc) is 2.60. The van der Waals surface area contributed by atoms with Crippen LogP contribution in [0.25, 0.3) is 0 Å². The zero-order valence-corrected chi connectivity index (χ0v) is 19.0. The zero-order chi connectivity index (χ0) is 20.4. The first-order chi connectivity index (χ1) is 11.6. The van der Waals surface area contributed by atoms with Gasteiger partial charge in [-0.25, -0.2) is 22.4 Å². The molecule has 0 spiro atoms. The van der Waals surface area contributed by atoms with Crippen molar-refractivity contribution in [1.82, 2.24) is 0 Å². The predicted molar refractivity (Wildman–Crippen MR) is 101 cm³/mol. The van der Waals surface area contributed by atoms with E-state index in [9.17, 15) is 9.59 Å². The number of rotatable bonds is 8. The van der Waals surface area contributed by atoms with E-state index in [1.807, 2.05) is 0 Å². The van der Waals surface area contributed by atoms with E-state index in [1.54, 1.807) is 13.8 Å². The SMILES string of the molecule is C=CC(=O)OC(C)C([CH2-])C[CH2-].C=CC(=O)OC(C)C([CH2-])C[CH2-].[Cl][Zr][Cl].